The molecular formula is C14H29NO. The van der Waals surface area contributed by atoms with Gasteiger partial charge in [-0.25, -0.2) is 0 Å². The summed E-state index contributed by atoms with van der Waals surface area (Å²) in [5.74, 6) is 0.708. The van der Waals surface area contributed by atoms with Crippen LogP contribution >= 0.6 is 0 Å². The molecule has 0 aromatic carbocycles. The minimum absolute atomic E-state index is 0.246. The first-order valence-electron chi connectivity index (χ1n) is 6.77. The average molecular weight is 227 g/mol. The molecule has 0 bridgehead atoms. The first-order chi connectivity index (χ1) is 7.32. The summed E-state index contributed by atoms with van der Waals surface area (Å²) >= 11 is 0. The van der Waals surface area contributed by atoms with Crippen LogP contribution in [0.1, 0.15) is 60.3 Å². The molecule has 2 heteroatoms. The maximum atomic E-state index is 10.2. The molecule has 1 fully saturated rings. The molecule has 0 aliphatic carbocycles. The van der Waals surface area contributed by atoms with Crippen LogP contribution in [0.15, 0.2) is 0 Å². The third-order valence-electron chi connectivity index (χ3n) is 4.45. The molecular weight excluding hydrogens is 198 g/mol. The normalized spacial score (nSPS) is 32.1. The maximum absolute atomic E-state index is 10.2. The molecule has 96 valence electrons. The molecule has 0 aromatic rings. The molecule has 1 aliphatic heterocycles. The Balaban J connectivity index is 2.79. The van der Waals surface area contributed by atoms with Crippen molar-refractivity contribution in [2.24, 2.45) is 11.3 Å². The Morgan fingerprint density at radius 2 is 2.06 bits per heavy atom. The molecule has 2 atom stereocenters. The Morgan fingerprint density at radius 3 is 2.50 bits per heavy atom. The van der Waals surface area contributed by atoms with Crippen LogP contribution < -0.4 is 5.32 Å². The maximum Gasteiger partial charge on any atom is 0.0744 e. The van der Waals surface area contributed by atoms with Crippen molar-refractivity contribution in [1.82, 2.24) is 5.32 Å². The largest absolute Gasteiger partial charge is 0.389 e. The highest BCUT2D eigenvalue weighted by Crippen LogP contribution is 2.44. The summed E-state index contributed by atoms with van der Waals surface area (Å²) in [6.07, 6.45) is 4.91. The molecule has 2 unspecified atom stereocenters. The van der Waals surface area contributed by atoms with E-state index in [1.807, 2.05) is 13.8 Å². The average Bonchev–Trinajstić information content (AvgIpc) is 2.17. The fraction of sp³-hybridized carbons (Fsp3) is 1.00. The molecule has 0 aromatic heterocycles. The van der Waals surface area contributed by atoms with Crippen LogP contribution in [0.5, 0.6) is 0 Å². The molecule has 0 saturated carbocycles. The second-order valence-corrected chi connectivity index (χ2v) is 6.38. The van der Waals surface area contributed by atoms with Crippen molar-refractivity contribution in [2.75, 3.05) is 6.54 Å². The van der Waals surface area contributed by atoms with Crippen molar-refractivity contribution in [3.8, 4) is 0 Å². The first-order valence-corrected chi connectivity index (χ1v) is 6.77. The van der Waals surface area contributed by atoms with Gasteiger partial charge in [-0.15, -0.1) is 0 Å². The van der Waals surface area contributed by atoms with E-state index in [1.165, 1.54) is 19.3 Å². The van der Waals surface area contributed by atoms with Gasteiger partial charge >= 0.3 is 0 Å². The van der Waals surface area contributed by atoms with Crippen molar-refractivity contribution in [3.63, 3.8) is 0 Å². The van der Waals surface area contributed by atoms with Crippen molar-refractivity contribution < 1.29 is 5.11 Å². The number of hydrogen-bond acceptors (Lipinski definition) is 2. The molecule has 0 radical (unpaired) electrons. The number of nitrogens with one attached hydrogen (secondary N) is 1. The molecule has 0 spiro atoms. The lowest BCUT2D eigenvalue weighted by atomic mass is 9.64. The Bertz CT molecular complexity index is 215. The second kappa shape index (κ2) is 5.05. The molecule has 1 aliphatic rings. The summed E-state index contributed by atoms with van der Waals surface area (Å²) in [5.41, 5.74) is -0.168. The van der Waals surface area contributed by atoms with Crippen LogP contribution in [0.25, 0.3) is 0 Å². The summed E-state index contributed by atoms with van der Waals surface area (Å²) in [6, 6.07) is 0.246. The highest BCUT2D eigenvalue weighted by atomic mass is 16.3. The summed E-state index contributed by atoms with van der Waals surface area (Å²) in [5, 5.41) is 13.6. The molecule has 16 heavy (non-hydrogen) atoms. The van der Waals surface area contributed by atoms with Gasteiger partial charge in [-0.3, -0.25) is 0 Å². The van der Waals surface area contributed by atoms with Gasteiger partial charge in [-0.05, 0) is 51.0 Å². The summed E-state index contributed by atoms with van der Waals surface area (Å²) < 4.78 is 0. The molecule has 2 N–H and O–H groups in total. The monoisotopic (exact) mass is 227 g/mol. The number of piperidine rings is 1. The van der Waals surface area contributed by atoms with Gasteiger partial charge in [0.1, 0.15) is 0 Å². The quantitative estimate of drug-likeness (QED) is 0.774. The number of aliphatic hydroxyl groups is 1. The van der Waals surface area contributed by atoms with Crippen molar-refractivity contribution in [1.29, 1.82) is 0 Å². The fourth-order valence-corrected chi connectivity index (χ4v) is 3.11. The topological polar surface area (TPSA) is 32.3 Å². The molecule has 2 nitrogen and oxygen atoms in total. The lowest BCUT2D eigenvalue weighted by Gasteiger charge is -2.48. The lowest BCUT2D eigenvalue weighted by molar-refractivity contribution is -0.0181. The van der Waals surface area contributed by atoms with E-state index in [0.29, 0.717) is 11.3 Å². The van der Waals surface area contributed by atoms with E-state index in [0.717, 1.165) is 13.0 Å². The highest BCUT2D eigenvalue weighted by Gasteiger charge is 2.42. The van der Waals surface area contributed by atoms with Crippen LogP contribution in [0.3, 0.4) is 0 Å². The van der Waals surface area contributed by atoms with Gasteiger partial charge in [0.2, 0.25) is 0 Å². The summed E-state index contributed by atoms with van der Waals surface area (Å²) in [4.78, 5) is 0. The van der Waals surface area contributed by atoms with Crippen LogP contribution in [0.2, 0.25) is 0 Å². The van der Waals surface area contributed by atoms with Gasteiger partial charge in [0.25, 0.3) is 0 Å². The summed E-state index contributed by atoms with van der Waals surface area (Å²) in [7, 11) is 0. The van der Waals surface area contributed by atoms with E-state index in [1.54, 1.807) is 0 Å². The van der Waals surface area contributed by atoms with E-state index in [9.17, 15) is 5.11 Å². The van der Waals surface area contributed by atoms with Gasteiger partial charge in [0, 0.05) is 6.04 Å². The zero-order chi connectivity index (χ0) is 12.4. The molecule has 1 heterocycles. The highest BCUT2D eigenvalue weighted by molar-refractivity contribution is 4.97. The first kappa shape index (κ1) is 14.0. The van der Waals surface area contributed by atoms with Crippen LogP contribution in [-0.2, 0) is 0 Å². The molecule has 1 saturated heterocycles. The lowest BCUT2D eigenvalue weighted by Crippen LogP contribution is -2.55. The van der Waals surface area contributed by atoms with Gasteiger partial charge < -0.3 is 10.4 Å². The van der Waals surface area contributed by atoms with E-state index in [2.05, 4.69) is 26.1 Å². The number of hydrogen-bond donors (Lipinski definition) is 2. The minimum atomic E-state index is -0.603. The van der Waals surface area contributed by atoms with Gasteiger partial charge in [-0.1, -0.05) is 27.2 Å². The predicted molar refractivity (Wildman–Crippen MR) is 69.5 cm³/mol. The zero-order valence-electron chi connectivity index (χ0n) is 11.6. The fourth-order valence-electron chi connectivity index (χ4n) is 3.11. The third-order valence-corrected chi connectivity index (χ3v) is 4.45. The molecule has 0 amide bonds. The standard InChI is InChI=1S/C14H29NO/c1-6-7-14(11(2)3)8-9-15-12(10-14)13(4,5)16/h11-12,15-16H,6-10H2,1-5H3. The van der Waals surface area contributed by atoms with Gasteiger partial charge in [0.05, 0.1) is 5.60 Å². The second-order valence-electron chi connectivity index (χ2n) is 6.38. The zero-order valence-corrected chi connectivity index (χ0v) is 11.6. The van der Waals surface area contributed by atoms with Crippen molar-refractivity contribution >= 4 is 0 Å². The van der Waals surface area contributed by atoms with Gasteiger partial charge in [-0.2, -0.15) is 0 Å². The van der Waals surface area contributed by atoms with Crippen LogP contribution in [0.4, 0.5) is 0 Å². The predicted octanol–water partition coefficient (Wildman–Crippen LogP) is 2.95. The number of rotatable bonds is 4. The van der Waals surface area contributed by atoms with E-state index in [4.69, 9.17) is 0 Å². The SMILES string of the molecule is CCCC1(C(C)C)CCNC(C(C)(C)O)C1. The van der Waals surface area contributed by atoms with Crippen LogP contribution in [0, 0.1) is 11.3 Å². The Labute approximate surface area is 101 Å². The Kier molecular flexibility index (Phi) is 4.42. The Morgan fingerprint density at radius 1 is 1.44 bits per heavy atom. The van der Waals surface area contributed by atoms with Gasteiger partial charge in [0.15, 0.2) is 0 Å². The Hall–Kier alpha value is -0.0800. The van der Waals surface area contributed by atoms with Crippen LogP contribution in [-0.4, -0.2) is 23.3 Å². The third kappa shape index (κ3) is 2.98. The molecule has 1 rings (SSSR count). The van der Waals surface area contributed by atoms with E-state index >= 15 is 0 Å². The minimum Gasteiger partial charge on any atom is -0.389 e. The van der Waals surface area contributed by atoms with Crippen molar-refractivity contribution in [2.45, 2.75) is 71.9 Å². The van der Waals surface area contributed by atoms with Crippen molar-refractivity contribution in [3.05, 3.63) is 0 Å². The summed E-state index contributed by atoms with van der Waals surface area (Å²) in [6.45, 7) is 11.8. The van der Waals surface area contributed by atoms with E-state index < -0.39 is 5.60 Å². The smallest absolute Gasteiger partial charge is 0.0744 e. The van der Waals surface area contributed by atoms with E-state index in [-0.39, 0.29) is 6.04 Å².